The molecular weight excluding hydrogens is 248 g/mol. The third kappa shape index (κ3) is 3.95. The number of hydrogen-bond donors (Lipinski definition) is 2. The van der Waals surface area contributed by atoms with Crippen molar-refractivity contribution in [3.05, 3.63) is 34.9 Å². The molecule has 0 spiro atoms. The van der Waals surface area contributed by atoms with E-state index in [1.165, 1.54) is 12.8 Å². The second kappa shape index (κ2) is 6.53. The van der Waals surface area contributed by atoms with Crippen LogP contribution in [0.3, 0.4) is 0 Å². The maximum absolute atomic E-state index is 9.04. The molecule has 1 aromatic carbocycles. The van der Waals surface area contributed by atoms with Gasteiger partial charge < -0.3 is 10.8 Å². The van der Waals surface area contributed by atoms with Crippen LogP contribution in [0.1, 0.15) is 30.9 Å². The van der Waals surface area contributed by atoms with Crippen LogP contribution < -0.4 is 5.73 Å². The molecule has 100 valence electrons. The van der Waals surface area contributed by atoms with E-state index >= 15 is 0 Å². The minimum atomic E-state index is 0.0173. The number of nitrogens with two attached hydrogens (primary N) is 1. The largest absolute Gasteiger partial charge is 0.395 e. The maximum atomic E-state index is 9.04. The first kappa shape index (κ1) is 13.8. The Bertz CT molecular complexity index is 382. The molecule has 2 rings (SSSR count). The summed E-state index contributed by atoms with van der Waals surface area (Å²) in [6.07, 6.45) is 3.41. The van der Waals surface area contributed by atoms with Gasteiger partial charge in [-0.25, -0.2) is 0 Å². The van der Waals surface area contributed by atoms with Gasteiger partial charge in [-0.05, 0) is 37.0 Å². The monoisotopic (exact) mass is 268 g/mol. The van der Waals surface area contributed by atoms with E-state index in [1.807, 2.05) is 24.3 Å². The summed E-state index contributed by atoms with van der Waals surface area (Å²) in [5.74, 6) is 0. The van der Waals surface area contributed by atoms with Gasteiger partial charge in [-0.3, -0.25) is 4.90 Å². The van der Waals surface area contributed by atoms with Crippen LogP contribution in [0.4, 0.5) is 0 Å². The number of aliphatic hydroxyl groups is 1. The lowest BCUT2D eigenvalue weighted by Crippen LogP contribution is -2.32. The summed E-state index contributed by atoms with van der Waals surface area (Å²) in [4.78, 5) is 2.34. The average molecular weight is 269 g/mol. The molecule has 0 aliphatic heterocycles. The zero-order chi connectivity index (χ0) is 13.0. The van der Waals surface area contributed by atoms with E-state index in [4.69, 9.17) is 22.4 Å². The van der Waals surface area contributed by atoms with Crippen molar-refractivity contribution in [1.29, 1.82) is 0 Å². The standard InChI is InChI=1S/C14H21ClN2O/c15-12-3-1-2-11(10-12)14(16)6-7-17(8-9-18)13-4-5-13/h1-3,10,13-14,18H,4-9,16H2. The minimum absolute atomic E-state index is 0.0173. The van der Waals surface area contributed by atoms with Crippen LogP contribution in [0.5, 0.6) is 0 Å². The van der Waals surface area contributed by atoms with Crippen LogP contribution in [0.2, 0.25) is 5.02 Å². The quantitative estimate of drug-likeness (QED) is 0.797. The summed E-state index contributed by atoms with van der Waals surface area (Å²) in [6, 6.07) is 8.43. The Balaban J connectivity index is 1.84. The first-order chi connectivity index (χ1) is 8.70. The molecule has 1 unspecified atom stereocenters. The predicted molar refractivity (Wildman–Crippen MR) is 74.7 cm³/mol. The summed E-state index contributed by atoms with van der Waals surface area (Å²) in [5, 5.41) is 9.78. The molecule has 3 N–H and O–H groups in total. The van der Waals surface area contributed by atoms with Gasteiger partial charge in [-0.15, -0.1) is 0 Å². The average Bonchev–Trinajstić information content (AvgIpc) is 3.18. The third-order valence-electron chi connectivity index (χ3n) is 3.45. The molecule has 0 radical (unpaired) electrons. The summed E-state index contributed by atoms with van der Waals surface area (Å²) in [6.45, 7) is 1.93. The molecule has 1 saturated carbocycles. The molecule has 18 heavy (non-hydrogen) atoms. The van der Waals surface area contributed by atoms with Crippen LogP contribution in [-0.2, 0) is 0 Å². The van der Waals surface area contributed by atoms with Gasteiger partial charge in [-0.1, -0.05) is 23.7 Å². The highest BCUT2D eigenvalue weighted by Gasteiger charge is 2.28. The number of hydrogen-bond acceptors (Lipinski definition) is 3. The highest BCUT2D eigenvalue weighted by atomic mass is 35.5. The molecular formula is C14H21ClN2O. The van der Waals surface area contributed by atoms with Crippen LogP contribution in [0.15, 0.2) is 24.3 Å². The van der Waals surface area contributed by atoms with Gasteiger partial charge in [0.15, 0.2) is 0 Å². The number of halogens is 1. The molecule has 0 aromatic heterocycles. The lowest BCUT2D eigenvalue weighted by Gasteiger charge is -2.23. The summed E-state index contributed by atoms with van der Waals surface area (Å²) in [5.41, 5.74) is 7.27. The van der Waals surface area contributed by atoms with Crippen molar-refractivity contribution >= 4 is 11.6 Å². The van der Waals surface area contributed by atoms with E-state index in [0.717, 1.165) is 30.1 Å². The van der Waals surface area contributed by atoms with Crippen molar-refractivity contribution in [2.45, 2.75) is 31.3 Å². The molecule has 0 heterocycles. The van der Waals surface area contributed by atoms with Gasteiger partial charge in [0.25, 0.3) is 0 Å². The van der Waals surface area contributed by atoms with E-state index < -0.39 is 0 Å². The number of benzene rings is 1. The van der Waals surface area contributed by atoms with Crippen molar-refractivity contribution in [2.24, 2.45) is 5.73 Å². The van der Waals surface area contributed by atoms with E-state index in [2.05, 4.69) is 4.90 Å². The molecule has 1 aliphatic carbocycles. The lowest BCUT2D eigenvalue weighted by molar-refractivity contribution is 0.185. The fraction of sp³-hybridized carbons (Fsp3) is 0.571. The zero-order valence-corrected chi connectivity index (χ0v) is 11.3. The topological polar surface area (TPSA) is 49.5 Å². The Labute approximate surface area is 114 Å². The predicted octanol–water partition coefficient (Wildman–Crippen LogP) is 2.19. The SMILES string of the molecule is NC(CCN(CCO)C1CC1)c1cccc(Cl)c1. The van der Waals surface area contributed by atoms with Crippen molar-refractivity contribution in [2.75, 3.05) is 19.7 Å². The number of rotatable bonds is 7. The molecule has 0 bridgehead atoms. The van der Waals surface area contributed by atoms with E-state index in [1.54, 1.807) is 0 Å². The molecule has 1 fully saturated rings. The van der Waals surface area contributed by atoms with E-state index in [-0.39, 0.29) is 12.6 Å². The Morgan fingerprint density at radius 3 is 2.78 bits per heavy atom. The van der Waals surface area contributed by atoms with Crippen molar-refractivity contribution in [3.8, 4) is 0 Å². The second-order valence-corrected chi connectivity index (χ2v) is 5.38. The summed E-state index contributed by atoms with van der Waals surface area (Å²) in [7, 11) is 0. The summed E-state index contributed by atoms with van der Waals surface area (Å²) >= 11 is 5.96. The van der Waals surface area contributed by atoms with Crippen molar-refractivity contribution < 1.29 is 5.11 Å². The second-order valence-electron chi connectivity index (χ2n) is 4.94. The normalized spacial score (nSPS) is 17.1. The highest BCUT2D eigenvalue weighted by Crippen LogP contribution is 2.27. The van der Waals surface area contributed by atoms with E-state index in [9.17, 15) is 0 Å². The summed E-state index contributed by atoms with van der Waals surface area (Å²) < 4.78 is 0. The molecule has 4 heteroatoms. The fourth-order valence-electron chi connectivity index (χ4n) is 2.25. The lowest BCUT2D eigenvalue weighted by atomic mass is 10.0. The van der Waals surface area contributed by atoms with Crippen LogP contribution in [0.25, 0.3) is 0 Å². The zero-order valence-electron chi connectivity index (χ0n) is 10.6. The first-order valence-corrected chi connectivity index (χ1v) is 6.94. The molecule has 0 saturated heterocycles. The van der Waals surface area contributed by atoms with E-state index in [0.29, 0.717) is 6.04 Å². The Hall–Kier alpha value is -0.610. The number of aliphatic hydroxyl groups excluding tert-OH is 1. The molecule has 0 amide bonds. The van der Waals surface area contributed by atoms with Crippen LogP contribution in [-0.4, -0.2) is 35.7 Å². The Kier molecular flexibility index (Phi) is 5.01. The first-order valence-electron chi connectivity index (χ1n) is 6.56. The number of nitrogens with zero attached hydrogens (tertiary/aromatic N) is 1. The highest BCUT2D eigenvalue weighted by molar-refractivity contribution is 6.30. The van der Waals surface area contributed by atoms with Gasteiger partial charge in [0.05, 0.1) is 6.61 Å². The van der Waals surface area contributed by atoms with Crippen molar-refractivity contribution in [1.82, 2.24) is 4.90 Å². The fourth-order valence-corrected chi connectivity index (χ4v) is 2.45. The van der Waals surface area contributed by atoms with Crippen LogP contribution in [0, 0.1) is 0 Å². The molecule has 3 nitrogen and oxygen atoms in total. The minimum Gasteiger partial charge on any atom is -0.395 e. The molecule has 1 aliphatic rings. The molecule has 1 aromatic rings. The van der Waals surface area contributed by atoms with Crippen molar-refractivity contribution in [3.63, 3.8) is 0 Å². The Morgan fingerprint density at radius 1 is 1.39 bits per heavy atom. The Morgan fingerprint density at radius 2 is 2.17 bits per heavy atom. The van der Waals surface area contributed by atoms with Crippen LogP contribution >= 0.6 is 11.6 Å². The van der Waals surface area contributed by atoms with Gasteiger partial charge in [-0.2, -0.15) is 0 Å². The maximum Gasteiger partial charge on any atom is 0.0558 e. The van der Waals surface area contributed by atoms with Gasteiger partial charge in [0.2, 0.25) is 0 Å². The molecule has 1 atom stereocenters. The smallest absolute Gasteiger partial charge is 0.0558 e. The van der Waals surface area contributed by atoms with Gasteiger partial charge in [0.1, 0.15) is 0 Å². The van der Waals surface area contributed by atoms with Gasteiger partial charge >= 0.3 is 0 Å². The third-order valence-corrected chi connectivity index (χ3v) is 3.69. The van der Waals surface area contributed by atoms with Gasteiger partial charge in [0, 0.05) is 30.2 Å².